The molecule has 2 rings (SSSR count). The van der Waals surface area contributed by atoms with Gasteiger partial charge in [-0.2, -0.15) is 5.10 Å². The van der Waals surface area contributed by atoms with Crippen molar-refractivity contribution in [3.63, 3.8) is 0 Å². The van der Waals surface area contributed by atoms with Gasteiger partial charge in [0.2, 0.25) is 5.78 Å². The van der Waals surface area contributed by atoms with Crippen molar-refractivity contribution in [1.82, 2.24) is 9.61 Å². The van der Waals surface area contributed by atoms with Crippen molar-refractivity contribution >= 4 is 22.9 Å². The van der Waals surface area contributed by atoms with Crippen LogP contribution >= 0.6 is 0 Å². The zero-order chi connectivity index (χ0) is 12.4. The smallest absolute Gasteiger partial charge is 0.205 e. The molecule has 0 saturated carbocycles. The number of aromatic nitrogens is 2. The van der Waals surface area contributed by atoms with Gasteiger partial charge in [0.05, 0.1) is 23.7 Å². The lowest BCUT2D eigenvalue weighted by atomic mass is 10.1. The van der Waals surface area contributed by atoms with Crippen LogP contribution in [0.5, 0.6) is 0 Å². The molecule has 2 heterocycles. The van der Waals surface area contributed by atoms with Crippen molar-refractivity contribution in [1.29, 1.82) is 0 Å². The van der Waals surface area contributed by atoms with E-state index in [1.54, 1.807) is 28.9 Å². The summed E-state index contributed by atoms with van der Waals surface area (Å²) < 4.78 is 1.55. The summed E-state index contributed by atoms with van der Waals surface area (Å²) in [5, 5.41) is 3.99. The molecule has 0 amide bonds. The molecule has 0 bridgehead atoms. The Hall–Kier alpha value is -2.30. The molecule has 0 aliphatic heterocycles. The van der Waals surface area contributed by atoms with Gasteiger partial charge in [0.25, 0.3) is 0 Å². The Morgan fingerprint density at radius 3 is 2.76 bits per heavy atom. The minimum absolute atomic E-state index is 0.361. The molecule has 86 valence electrons. The normalized spacial score (nSPS) is 10.4. The summed E-state index contributed by atoms with van der Waals surface area (Å²) in [6.45, 7) is 1.16. The van der Waals surface area contributed by atoms with Crippen LogP contribution in [-0.4, -0.2) is 27.0 Å². The summed E-state index contributed by atoms with van der Waals surface area (Å²) in [7, 11) is 0. The first-order valence-corrected chi connectivity index (χ1v) is 5.09. The number of ketones is 3. The monoisotopic (exact) mass is 230 g/mol. The second-order valence-electron chi connectivity index (χ2n) is 3.67. The lowest BCUT2D eigenvalue weighted by Crippen LogP contribution is -2.14. The second kappa shape index (κ2) is 4.29. The predicted octanol–water partition coefficient (Wildman–Crippen LogP) is 1.07. The largest absolute Gasteiger partial charge is 0.294 e. The van der Waals surface area contributed by atoms with Gasteiger partial charge in [0, 0.05) is 13.1 Å². The lowest BCUT2D eigenvalue weighted by molar-refractivity contribution is -0.134. The molecular formula is C12H10N2O3. The third-order valence-corrected chi connectivity index (χ3v) is 2.44. The average molecular weight is 230 g/mol. The number of rotatable bonds is 4. The van der Waals surface area contributed by atoms with Crippen LogP contribution in [0.2, 0.25) is 0 Å². The van der Waals surface area contributed by atoms with Crippen LogP contribution in [0.1, 0.15) is 23.7 Å². The van der Waals surface area contributed by atoms with Gasteiger partial charge in [0.15, 0.2) is 11.6 Å². The molecule has 2 aromatic heterocycles. The third kappa shape index (κ3) is 2.13. The van der Waals surface area contributed by atoms with Crippen molar-refractivity contribution in [2.75, 3.05) is 0 Å². The van der Waals surface area contributed by atoms with Crippen LogP contribution in [0.3, 0.4) is 0 Å². The maximum Gasteiger partial charge on any atom is 0.205 e. The molecule has 0 aromatic carbocycles. The highest BCUT2D eigenvalue weighted by Gasteiger charge is 2.18. The summed E-state index contributed by atoms with van der Waals surface area (Å²) >= 11 is 0. The fourth-order valence-corrected chi connectivity index (χ4v) is 1.51. The van der Waals surface area contributed by atoms with E-state index in [-0.39, 0.29) is 5.78 Å². The summed E-state index contributed by atoms with van der Waals surface area (Å²) in [6, 6.07) is 5.30. The number of fused-ring (bicyclic) bond motifs is 1. The Labute approximate surface area is 97.0 Å². The molecule has 2 aromatic rings. The third-order valence-electron chi connectivity index (χ3n) is 2.44. The van der Waals surface area contributed by atoms with Crippen LogP contribution in [0, 0.1) is 0 Å². The van der Waals surface area contributed by atoms with Crippen LogP contribution in [-0.2, 0) is 9.59 Å². The fourth-order valence-electron chi connectivity index (χ4n) is 1.51. The maximum absolute atomic E-state index is 11.8. The Morgan fingerprint density at radius 2 is 2.06 bits per heavy atom. The van der Waals surface area contributed by atoms with E-state index in [9.17, 15) is 14.4 Å². The number of carbonyl (C=O) groups is 3. The average Bonchev–Trinajstić information content (AvgIpc) is 2.72. The van der Waals surface area contributed by atoms with E-state index in [1.165, 1.54) is 6.20 Å². The predicted molar refractivity (Wildman–Crippen MR) is 59.8 cm³/mol. The Bertz CT molecular complexity index is 613. The number of nitrogens with zero attached hydrogens (tertiary/aromatic N) is 2. The molecule has 0 aliphatic rings. The summed E-state index contributed by atoms with van der Waals surface area (Å²) in [5.74, 6) is -1.66. The second-order valence-corrected chi connectivity index (χ2v) is 3.67. The van der Waals surface area contributed by atoms with Crippen molar-refractivity contribution in [2.24, 2.45) is 0 Å². The van der Waals surface area contributed by atoms with E-state index < -0.39 is 18.0 Å². The molecule has 0 atom stereocenters. The summed E-state index contributed by atoms with van der Waals surface area (Å²) in [4.78, 5) is 33.8. The molecule has 0 aliphatic carbocycles. The van der Waals surface area contributed by atoms with E-state index in [0.29, 0.717) is 11.1 Å². The molecule has 0 fully saturated rings. The van der Waals surface area contributed by atoms with Gasteiger partial charge in [0.1, 0.15) is 0 Å². The number of carbonyl (C=O) groups excluding carboxylic acids is 3. The van der Waals surface area contributed by atoms with E-state index in [4.69, 9.17) is 0 Å². The highest BCUT2D eigenvalue weighted by Crippen LogP contribution is 2.12. The van der Waals surface area contributed by atoms with Gasteiger partial charge in [-0.3, -0.25) is 14.4 Å². The van der Waals surface area contributed by atoms with E-state index in [0.717, 1.165) is 6.92 Å². The summed E-state index contributed by atoms with van der Waals surface area (Å²) in [6.07, 6.45) is 2.72. The first kappa shape index (κ1) is 11.2. The number of Topliss-reactive ketones (excluding diaryl/α,β-unsaturated/α-hetero) is 3. The first-order valence-electron chi connectivity index (χ1n) is 5.09. The molecule has 0 unspecified atom stereocenters. The van der Waals surface area contributed by atoms with E-state index in [2.05, 4.69) is 5.10 Å². The molecule has 5 heteroatoms. The molecule has 0 saturated heterocycles. The Morgan fingerprint density at radius 1 is 1.29 bits per heavy atom. The molecule has 17 heavy (non-hydrogen) atoms. The van der Waals surface area contributed by atoms with Crippen LogP contribution in [0.15, 0.2) is 30.6 Å². The minimum Gasteiger partial charge on any atom is -0.294 e. The Kier molecular flexibility index (Phi) is 2.82. The minimum atomic E-state index is -0.676. The zero-order valence-electron chi connectivity index (χ0n) is 9.21. The highest BCUT2D eigenvalue weighted by atomic mass is 16.2. The maximum atomic E-state index is 11.8. The van der Waals surface area contributed by atoms with Crippen LogP contribution in [0.25, 0.3) is 5.52 Å². The van der Waals surface area contributed by atoms with Gasteiger partial charge in [-0.05, 0) is 12.1 Å². The quantitative estimate of drug-likeness (QED) is 0.447. The number of pyridine rings is 1. The van der Waals surface area contributed by atoms with Gasteiger partial charge in [-0.1, -0.05) is 6.07 Å². The Balaban J connectivity index is 2.31. The van der Waals surface area contributed by atoms with Crippen molar-refractivity contribution in [3.8, 4) is 0 Å². The number of hydrogen-bond acceptors (Lipinski definition) is 4. The lowest BCUT2D eigenvalue weighted by Gasteiger charge is -1.96. The SMILES string of the molecule is CC(=O)C(=O)CC(=O)c1cnn2ccccc12. The molecule has 0 N–H and O–H groups in total. The fraction of sp³-hybridized carbons (Fsp3) is 0.167. The topological polar surface area (TPSA) is 68.5 Å². The molecular weight excluding hydrogens is 220 g/mol. The standard InChI is InChI=1S/C12H10N2O3/c1-8(15)11(16)6-12(17)9-7-13-14-5-3-2-4-10(9)14/h2-5,7H,6H2,1H3. The van der Waals surface area contributed by atoms with E-state index >= 15 is 0 Å². The van der Waals surface area contributed by atoms with Crippen molar-refractivity contribution in [2.45, 2.75) is 13.3 Å². The molecule has 0 radical (unpaired) electrons. The molecule has 0 spiro atoms. The van der Waals surface area contributed by atoms with Gasteiger partial charge in [-0.15, -0.1) is 0 Å². The van der Waals surface area contributed by atoms with Crippen LogP contribution in [0.4, 0.5) is 0 Å². The summed E-state index contributed by atoms with van der Waals surface area (Å²) in [5.41, 5.74) is 0.994. The van der Waals surface area contributed by atoms with Crippen molar-refractivity contribution < 1.29 is 14.4 Å². The van der Waals surface area contributed by atoms with Gasteiger partial charge >= 0.3 is 0 Å². The first-order chi connectivity index (χ1) is 8.09. The van der Waals surface area contributed by atoms with E-state index in [1.807, 2.05) is 0 Å². The highest BCUT2D eigenvalue weighted by molar-refractivity contribution is 6.40. The van der Waals surface area contributed by atoms with Crippen molar-refractivity contribution in [3.05, 3.63) is 36.2 Å². The zero-order valence-corrected chi connectivity index (χ0v) is 9.21. The van der Waals surface area contributed by atoms with Crippen LogP contribution < -0.4 is 0 Å². The van der Waals surface area contributed by atoms with Gasteiger partial charge in [-0.25, -0.2) is 4.52 Å². The van der Waals surface area contributed by atoms with Gasteiger partial charge < -0.3 is 0 Å². The molecule has 5 nitrogen and oxygen atoms in total. The number of hydrogen-bond donors (Lipinski definition) is 0.